The molecule has 0 aliphatic heterocycles. The molecule has 0 radical (unpaired) electrons. The number of carbonyl (C=O) groups excluding carboxylic acids is 1. The number of benzene rings is 2. The van der Waals surface area contributed by atoms with Gasteiger partial charge in [-0.05, 0) is 29.8 Å². The van der Waals surface area contributed by atoms with E-state index in [9.17, 15) is 4.79 Å². The van der Waals surface area contributed by atoms with Crippen LogP contribution in [0, 0.1) is 0 Å². The Morgan fingerprint density at radius 2 is 1.89 bits per heavy atom. The number of carbonyl (C=O) groups is 1. The summed E-state index contributed by atoms with van der Waals surface area (Å²) in [5.41, 5.74) is 5.35. The summed E-state index contributed by atoms with van der Waals surface area (Å²) in [7, 11) is 3.30. The second-order valence-electron chi connectivity index (χ2n) is 6.18. The molecule has 4 rings (SSSR count). The SMILES string of the molecule is CNC(=O)c1cccc(-c2cnc3[nH]cc(-c4ccccc4OC)c3c2)c1. The first-order valence-corrected chi connectivity index (χ1v) is 8.64. The lowest BCUT2D eigenvalue weighted by Gasteiger charge is -2.08. The summed E-state index contributed by atoms with van der Waals surface area (Å²) in [6, 6.07) is 17.5. The van der Waals surface area contributed by atoms with E-state index in [0.717, 1.165) is 39.0 Å². The Morgan fingerprint density at radius 3 is 2.70 bits per heavy atom. The maximum atomic E-state index is 11.9. The van der Waals surface area contributed by atoms with Crippen molar-refractivity contribution in [3.63, 3.8) is 0 Å². The van der Waals surface area contributed by atoms with Crippen LogP contribution in [0.5, 0.6) is 5.75 Å². The maximum Gasteiger partial charge on any atom is 0.251 e. The third-order valence-electron chi connectivity index (χ3n) is 4.61. The number of H-pyrrole nitrogens is 1. The fourth-order valence-corrected chi connectivity index (χ4v) is 3.24. The zero-order valence-corrected chi connectivity index (χ0v) is 15.1. The number of nitrogens with one attached hydrogen (secondary N) is 2. The number of fused-ring (bicyclic) bond motifs is 1. The van der Waals surface area contributed by atoms with Gasteiger partial charge in [-0.2, -0.15) is 0 Å². The molecule has 0 saturated carbocycles. The van der Waals surface area contributed by atoms with E-state index in [1.54, 1.807) is 20.2 Å². The van der Waals surface area contributed by atoms with Crippen LogP contribution in [0.25, 0.3) is 33.3 Å². The van der Waals surface area contributed by atoms with Crippen LogP contribution >= 0.6 is 0 Å². The highest BCUT2D eigenvalue weighted by Gasteiger charge is 2.13. The molecule has 5 heteroatoms. The maximum absolute atomic E-state index is 11.9. The molecule has 2 N–H and O–H groups in total. The first-order valence-electron chi connectivity index (χ1n) is 8.64. The van der Waals surface area contributed by atoms with E-state index < -0.39 is 0 Å². The predicted molar refractivity (Wildman–Crippen MR) is 107 cm³/mol. The normalized spacial score (nSPS) is 10.7. The zero-order chi connectivity index (χ0) is 18.8. The Morgan fingerprint density at radius 1 is 1.04 bits per heavy atom. The first-order chi connectivity index (χ1) is 13.2. The Bertz CT molecular complexity index is 1130. The highest BCUT2D eigenvalue weighted by molar-refractivity contribution is 5.98. The van der Waals surface area contributed by atoms with Crippen molar-refractivity contribution in [3.8, 4) is 28.0 Å². The first kappa shape index (κ1) is 16.8. The predicted octanol–water partition coefficient (Wildman–Crippen LogP) is 4.27. The number of para-hydroxylation sites is 1. The minimum Gasteiger partial charge on any atom is -0.496 e. The van der Waals surface area contributed by atoms with Crippen molar-refractivity contribution >= 4 is 16.9 Å². The molecule has 2 aromatic heterocycles. The zero-order valence-electron chi connectivity index (χ0n) is 15.1. The topological polar surface area (TPSA) is 67.0 Å². The van der Waals surface area contributed by atoms with E-state index in [1.165, 1.54) is 0 Å². The van der Waals surface area contributed by atoms with Crippen LogP contribution in [0.1, 0.15) is 10.4 Å². The summed E-state index contributed by atoms with van der Waals surface area (Å²) in [4.78, 5) is 19.7. The average Bonchev–Trinajstić information content (AvgIpc) is 3.16. The van der Waals surface area contributed by atoms with Gasteiger partial charge < -0.3 is 15.0 Å². The smallest absolute Gasteiger partial charge is 0.251 e. The van der Waals surface area contributed by atoms with Crippen LogP contribution in [0.3, 0.4) is 0 Å². The molecule has 0 saturated heterocycles. The van der Waals surface area contributed by atoms with Gasteiger partial charge in [-0.15, -0.1) is 0 Å². The molecule has 0 spiro atoms. The molecule has 0 bridgehead atoms. The molecule has 2 heterocycles. The molecule has 134 valence electrons. The Hall–Kier alpha value is -3.60. The van der Waals surface area contributed by atoms with E-state index in [0.29, 0.717) is 5.56 Å². The highest BCUT2D eigenvalue weighted by Crippen LogP contribution is 2.35. The Balaban J connectivity index is 1.85. The number of methoxy groups -OCH3 is 1. The van der Waals surface area contributed by atoms with E-state index in [1.807, 2.05) is 54.9 Å². The van der Waals surface area contributed by atoms with Crippen molar-refractivity contribution < 1.29 is 9.53 Å². The molecule has 0 aliphatic rings. The molecule has 2 aromatic carbocycles. The lowest BCUT2D eigenvalue weighted by Crippen LogP contribution is -2.17. The van der Waals surface area contributed by atoms with Crippen molar-refractivity contribution in [3.05, 3.63) is 72.6 Å². The van der Waals surface area contributed by atoms with E-state index in [2.05, 4.69) is 21.4 Å². The number of pyridine rings is 1. The molecule has 0 aliphatic carbocycles. The molecular formula is C22H19N3O2. The summed E-state index contributed by atoms with van der Waals surface area (Å²) in [6.07, 6.45) is 3.76. The second-order valence-corrected chi connectivity index (χ2v) is 6.18. The molecule has 27 heavy (non-hydrogen) atoms. The number of aromatic nitrogens is 2. The van der Waals surface area contributed by atoms with Crippen LogP contribution in [-0.4, -0.2) is 30.0 Å². The van der Waals surface area contributed by atoms with Gasteiger partial charge in [0.1, 0.15) is 11.4 Å². The third kappa shape index (κ3) is 3.04. The minimum absolute atomic E-state index is 0.109. The highest BCUT2D eigenvalue weighted by atomic mass is 16.5. The van der Waals surface area contributed by atoms with Crippen LogP contribution in [0.2, 0.25) is 0 Å². The van der Waals surface area contributed by atoms with Crippen LogP contribution in [-0.2, 0) is 0 Å². The monoisotopic (exact) mass is 357 g/mol. The number of amides is 1. The standard InChI is InChI=1S/C22H19N3O2/c1-23-22(26)15-7-5-6-14(10-15)16-11-18-19(13-25-21(18)24-12-16)17-8-3-4-9-20(17)27-2/h3-13H,1-2H3,(H,23,26)(H,24,25). The fraction of sp³-hybridized carbons (Fsp3) is 0.0909. The molecule has 0 atom stereocenters. The summed E-state index contributed by atoms with van der Waals surface area (Å²) in [5, 5.41) is 3.66. The number of aromatic amines is 1. The van der Waals surface area contributed by atoms with Crippen molar-refractivity contribution in [1.82, 2.24) is 15.3 Å². The Labute approximate surface area is 157 Å². The molecule has 0 unspecified atom stereocenters. The van der Waals surface area contributed by atoms with Gasteiger partial charge in [0.2, 0.25) is 0 Å². The van der Waals surface area contributed by atoms with E-state index in [4.69, 9.17) is 4.74 Å². The lowest BCUT2D eigenvalue weighted by atomic mass is 10.0. The van der Waals surface area contributed by atoms with E-state index >= 15 is 0 Å². The molecular weight excluding hydrogens is 338 g/mol. The van der Waals surface area contributed by atoms with Crippen molar-refractivity contribution in [2.45, 2.75) is 0 Å². The number of nitrogens with zero attached hydrogens (tertiary/aromatic N) is 1. The molecule has 4 aromatic rings. The fourth-order valence-electron chi connectivity index (χ4n) is 3.24. The van der Waals surface area contributed by atoms with Gasteiger partial charge >= 0.3 is 0 Å². The lowest BCUT2D eigenvalue weighted by molar-refractivity contribution is 0.0963. The molecule has 5 nitrogen and oxygen atoms in total. The average molecular weight is 357 g/mol. The summed E-state index contributed by atoms with van der Waals surface area (Å²) >= 11 is 0. The van der Waals surface area contributed by atoms with Crippen molar-refractivity contribution in [2.75, 3.05) is 14.2 Å². The van der Waals surface area contributed by atoms with Gasteiger partial charge in [0.15, 0.2) is 0 Å². The van der Waals surface area contributed by atoms with Crippen LogP contribution in [0.4, 0.5) is 0 Å². The third-order valence-corrected chi connectivity index (χ3v) is 4.61. The summed E-state index contributed by atoms with van der Waals surface area (Å²) in [6.45, 7) is 0. The number of hydrogen-bond donors (Lipinski definition) is 2. The summed E-state index contributed by atoms with van der Waals surface area (Å²) < 4.78 is 5.51. The van der Waals surface area contributed by atoms with Gasteiger partial charge in [0.05, 0.1) is 7.11 Å². The second kappa shape index (κ2) is 6.96. The molecule has 0 fully saturated rings. The van der Waals surface area contributed by atoms with E-state index in [-0.39, 0.29) is 5.91 Å². The Kier molecular flexibility index (Phi) is 4.34. The van der Waals surface area contributed by atoms with Gasteiger partial charge in [-0.3, -0.25) is 4.79 Å². The number of ether oxygens (including phenoxy) is 1. The number of hydrogen-bond acceptors (Lipinski definition) is 3. The van der Waals surface area contributed by atoms with Crippen LogP contribution in [0.15, 0.2) is 67.0 Å². The van der Waals surface area contributed by atoms with Gasteiger partial charge in [0, 0.05) is 47.1 Å². The van der Waals surface area contributed by atoms with Crippen molar-refractivity contribution in [2.24, 2.45) is 0 Å². The van der Waals surface area contributed by atoms with Gasteiger partial charge in [-0.25, -0.2) is 4.98 Å². The molecule has 1 amide bonds. The number of rotatable bonds is 4. The minimum atomic E-state index is -0.109. The quantitative estimate of drug-likeness (QED) is 0.573. The van der Waals surface area contributed by atoms with Crippen LogP contribution < -0.4 is 10.1 Å². The largest absolute Gasteiger partial charge is 0.496 e. The van der Waals surface area contributed by atoms with Crippen molar-refractivity contribution in [1.29, 1.82) is 0 Å². The summed E-state index contributed by atoms with van der Waals surface area (Å²) in [5.74, 6) is 0.702. The van der Waals surface area contributed by atoms with Gasteiger partial charge in [-0.1, -0.05) is 30.3 Å². The van der Waals surface area contributed by atoms with Gasteiger partial charge in [0.25, 0.3) is 5.91 Å².